The molecule has 2 amide bonds. The smallest absolute Gasteiger partial charge is 0.318 e. The fourth-order valence-corrected chi connectivity index (χ4v) is 1.33. The number of nitrogens with zero attached hydrogens (tertiary/aromatic N) is 1. The summed E-state index contributed by atoms with van der Waals surface area (Å²) in [7, 11) is 1.63. The monoisotopic (exact) mass is 208 g/mol. The Labute approximate surface area is 89.3 Å². The van der Waals surface area contributed by atoms with Gasteiger partial charge in [-0.25, -0.2) is 4.79 Å². The Kier molecular flexibility index (Phi) is 4.12. The number of benzene rings is 1. The Morgan fingerprint density at radius 2 is 2.27 bits per heavy atom. The Hall–Kier alpha value is -1.55. The van der Waals surface area contributed by atoms with Crippen LogP contribution in [0.3, 0.4) is 0 Å². The lowest BCUT2D eigenvalue weighted by atomic mass is 10.1. The summed E-state index contributed by atoms with van der Waals surface area (Å²) >= 11 is 0. The van der Waals surface area contributed by atoms with Gasteiger partial charge in [-0.1, -0.05) is 12.1 Å². The van der Waals surface area contributed by atoms with Gasteiger partial charge in [-0.05, 0) is 30.5 Å². The quantitative estimate of drug-likeness (QED) is 0.778. The van der Waals surface area contributed by atoms with Crippen molar-refractivity contribution < 1.29 is 9.90 Å². The number of urea groups is 1. The van der Waals surface area contributed by atoms with Crippen molar-refractivity contribution in [3.8, 4) is 0 Å². The molecule has 0 aliphatic rings. The molecule has 0 aromatic heterocycles. The predicted octanol–water partition coefficient (Wildman–Crippen LogP) is 1.13. The maximum absolute atomic E-state index is 10.9. The van der Waals surface area contributed by atoms with E-state index in [1.54, 1.807) is 7.05 Å². The number of aliphatic hydroxyl groups is 1. The van der Waals surface area contributed by atoms with E-state index in [0.717, 1.165) is 24.1 Å². The second-order valence-corrected chi connectivity index (χ2v) is 3.39. The van der Waals surface area contributed by atoms with Crippen molar-refractivity contribution in [2.75, 3.05) is 18.6 Å². The summed E-state index contributed by atoms with van der Waals surface area (Å²) in [6.45, 7) is 0.176. The van der Waals surface area contributed by atoms with Crippen LogP contribution in [-0.4, -0.2) is 24.8 Å². The van der Waals surface area contributed by atoms with Crippen molar-refractivity contribution >= 4 is 11.7 Å². The molecule has 0 saturated heterocycles. The van der Waals surface area contributed by atoms with E-state index in [9.17, 15) is 4.79 Å². The highest BCUT2D eigenvalue weighted by Crippen LogP contribution is 2.15. The summed E-state index contributed by atoms with van der Waals surface area (Å²) in [6.07, 6.45) is 1.53. The lowest BCUT2D eigenvalue weighted by Gasteiger charge is -2.15. The minimum absolute atomic E-state index is 0.176. The molecular weight excluding hydrogens is 192 g/mol. The van der Waals surface area contributed by atoms with Crippen molar-refractivity contribution in [1.82, 2.24) is 0 Å². The number of hydrogen-bond acceptors (Lipinski definition) is 2. The van der Waals surface area contributed by atoms with Crippen LogP contribution in [0.5, 0.6) is 0 Å². The van der Waals surface area contributed by atoms with Gasteiger partial charge in [-0.3, -0.25) is 4.90 Å². The number of anilines is 1. The van der Waals surface area contributed by atoms with Gasteiger partial charge < -0.3 is 10.8 Å². The minimum atomic E-state index is -0.477. The van der Waals surface area contributed by atoms with Gasteiger partial charge in [-0.15, -0.1) is 0 Å². The van der Waals surface area contributed by atoms with Crippen LogP contribution in [0.2, 0.25) is 0 Å². The van der Waals surface area contributed by atoms with Crippen molar-refractivity contribution in [2.45, 2.75) is 12.8 Å². The first kappa shape index (κ1) is 11.5. The van der Waals surface area contributed by atoms with Gasteiger partial charge in [0.25, 0.3) is 0 Å². The molecule has 0 aliphatic carbocycles. The van der Waals surface area contributed by atoms with E-state index in [0.29, 0.717) is 0 Å². The molecule has 0 atom stereocenters. The molecule has 4 nitrogen and oxygen atoms in total. The first-order chi connectivity index (χ1) is 7.15. The SMILES string of the molecule is CN(C(N)=O)c1cccc(CCCO)c1. The molecule has 0 saturated carbocycles. The number of hydrogen-bond donors (Lipinski definition) is 2. The first-order valence-electron chi connectivity index (χ1n) is 4.88. The van der Waals surface area contributed by atoms with Crippen molar-refractivity contribution in [3.63, 3.8) is 0 Å². The third-order valence-corrected chi connectivity index (χ3v) is 2.25. The van der Waals surface area contributed by atoms with Gasteiger partial charge in [0.2, 0.25) is 0 Å². The van der Waals surface area contributed by atoms with Crippen LogP contribution >= 0.6 is 0 Å². The molecule has 0 aliphatic heterocycles. The molecule has 15 heavy (non-hydrogen) atoms. The fraction of sp³-hybridized carbons (Fsp3) is 0.364. The second-order valence-electron chi connectivity index (χ2n) is 3.39. The van der Waals surface area contributed by atoms with Gasteiger partial charge in [0.15, 0.2) is 0 Å². The number of nitrogens with two attached hydrogens (primary N) is 1. The number of aryl methyl sites for hydroxylation is 1. The van der Waals surface area contributed by atoms with Gasteiger partial charge in [0, 0.05) is 19.3 Å². The first-order valence-corrected chi connectivity index (χ1v) is 4.88. The Balaban J connectivity index is 2.77. The highest BCUT2D eigenvalue weighted by atomic mass is 16.2. The Morgan fingerprint density at radius 1 is 1.53 bits per heavy atom. The zero-order chi connectivity index (χ0) is 11.3. The molecule has 1 rings (SSSR count). The standard InChI is InChI=1S/C11H16N2O2/c1-13(11(12)15)10-6-2-4-9(8-10)5-3-7-14/h2,4,6,8,14H,3,5,7H2,1H3,(H2,12,15). The zero-order valence-electron chi connectivity index (χ0n) is 8.81. The molecule has 0 spiro atoms. The molecule has 1 aromatic rings. The van der Waals surface area contributed by atoms with E-state index in [2.05, 4.69) is 0 Å². The number of carbonyl (C=O) groups is 1. The largest absolute Gasteiger partial charge is 0.396 e. The van der Waals surface area contributed by atoms with Gasteiger partial charge in [-0.2, -0.15) is 0 Å². The summed E-state index contributed by atoms with van der Waals surface area (Å²) in [6, 6.07) is 7.10. The summed E-state index contributed by atoms with van der Waals surface area (Å²) in [5.74, 6) is 0. The van der Waals surface area contributed by atoms with E-state index >= 15 is 0 Å². The summed E-state index contributed by atoms with van der Waals surface area (Å²) in [5, 5.41) is 8.71. The van der Waals surface area contributed by atoms with E-state index in [-0.39, 0.29) is 6.61 Å². The summed E-state index contributed by atoms with van der Waals surface area (Å²) in [5.41, 5.74) is 7.03. The van der Waals surface area contributed by atoms with Gasteiger partial charge in [0.05, 0.1) is 0 Å². The molecule has 0 radical (unpaired) electrons. The second kappa shape index (κ2) is 5.36. The van der Waals surface area contributed by atoms with E-state index in [1.807, 2.05) is 24.3 Å². The zero-order valence-corrected chi connectivity index (χ0v) is 8.81. The average Bonchev–Trinajstić information content (AvgIpc) is 2.25. The normalized spacial score (nSPS) is 10.0. The molecular formula is C11H16N2O2. The van der Waals surface area contributed by atoms with Crippen LogP contribution in [0.15, 0.2) is 24.3 Å². The maximum atomic E-state index is 10.9. The summed E-state index contributed by atoms with van der Waals surface area (Å²) < 4.78 is 0. The Morgan fingerprint density at radius 3 is 2.87 bits per heavy atom. The van der Waals surface area contributed by atoms with Crippen LogP contribution in [0.1, 0.15) is 12.0 Å². The summed E-state index contributed by atoms with van der Waals surface area (Å²) in [4.78, 5) is 12.3. The predicted molar refractivity (Wildman–Crippen MR) is 59.8 cm³/mol. The van der Waals surface area contributed by atoms with Crippen LogP contribution < -0.4 is 10.6 Å². The highest BCUT2D eigenvalue weighted by Gasteiger charge is 2.06. The van der Waals surface area contributed by atoms with Gasteiger partial charge >= 0.3 is 6.03 Å². The number of rotatable bonds is 4. The molecule has 0 unspecified atom stereocenters. The van der Waals surface area contributed by atoms with Crippen molar-refractivity contribution in [1.29, 1.82) is 0 Å². The van der Waals surface area contributed by atoms with Crippen LogP contribution in [0, 0.1) is 0 Å². The molecule has 0 bridgehead atoms. The highest BCUT2D eigenvalue weighted by molar-refractivity contribution is 5.90. The lowest BCUT2D eigenvalue weighted by Crippen LogP contribution is -2.31. The molecule has 1 aromatic carbocycles. The Bertz CT molecular complexity index is 339. The average molecular weight is 208 g/mol. The van der Waals surface area contributed by atoms with Crippen molar-refractivity contribution in [2.24, 2.45) is 5.73 Å². The third-order valence-electron chi connectivity index (χ3n) is 2.25. The van der Waals surface area contributed by atoms with Gasteiger partial charge in [0.1, 0.15) is 0 Å². The van der Waals surface area contributed by atoms with E-state index in [4.69, 9.17) is 10.8 Å². The molecule has 4 heteroatoms. The number of primary amides is 1. The molecule has 0 heterocycles. The van der Waals surface area contributed by atoms with Crippen LogP contribution in [-0.2, 0) is 6.42 Å². The topological polar surface area (TPSA) is 66.6 Å². The van der Waals surface area contributed by atoms with Crippen molar-refractivity contribution in [3.05, 3.63) is 29.8 Å². The van der Waals surface area contributed by atoms with E-state index in [1.165, 1.54) is 4.90 Å². The fourth-order valence-electron chi connectivity index (χ4n) is 1.33. The third kappa shape index (κ3) is 3.25. The molecule has 0 fully saturated rings. The molecule has 82 valence electrons. The minimum Gasteiger partial charge on any atom is -0.396 e. The number of carbonyl (C=O) groups excluding carboxylic acids is 1. The molecule has 3 N–H and O–H groups in total. The maximum Gasteiger partial charge on any atom is 0.318 e. The lowest BCUT2D eigenvalue weighted by molar-refractivity contribution is 0.255. The number of aliphatic hydroxyl groups excluding tert-OH is 1. The van der Waals surface area contributed by atoms with Crippen LogP contribution in [0.25, 0.3) is 0 Å². The van der Waals surface area contributed by atoms with Crippen LogP contribution in [0.4, 0.5) is 10.5 Å². The number of amides is 2. The van der Waals surface area contributed by atoms with E-state index < -0.39 is 6.03 Å².